The van der Waals surface area contributed by atoms with Crippen LogP contribution in [0.25, 0.3) is 0 Å². The molecule has 2 aliphatic rings. The van der Waals surface area contributed by atoms with E-state index in [4.69, 9.17) is 0 Å². The average Bonchev–Trinajstić information content (AvgIpc) is 2.86. The van der Waals surface area contributed by atoms with Crippen molar-refractivity contribution in [2.75, 3.05) is 22.9 Å². The minimum absolute atomic E-state index is 1.01. The summed E-state index contributed by atoms with van der Waals surface area (Å²) in [5.74, 6) is 0. The fourth-order valence-corrected chi connectivity index (χ4v) is 6.44. The third-order valence-electron chi connectivity index (χ3n) is 5.70. The van der Waals surface area contributed by atoms with Crippen LogP contribution in [-0.4, -0.2) is 13.1 Å². The largest absolute Gasteiger partial charge is 0.340 e. The fourth-order valence-electron chi connectivity index (χ4n) is 4.24. The Labute approximate surface area is 199 Å². The molecule has 0 saturated carbocycles. The first-order valence-corrected chi connectivity index (χ1v) is 12.7. The third kappa shape index (κ3) is 3.89. The molecule has 0 bridgehead atoms. The number of fused-ring (bicyclic) bond motifs is 4. The summed E-state index contributed by atoms with van der Waals surface area (Å²) in [4.78, 5) is 10.2. The van der Waals surface area contributed by atoms with Gasteiger partial charge in [0, 0.05) is 32.7 Å². The van der Waals surface area contributed by atoms with Crippen LogP contribution in [0.3, 0.4) is 0 Å². The van der Waals surface area contributed by atoms with Gasteiger partial charge < -0.3 is 9.80 Å². The van der Waals surface area contributed by atoms with Gasteiger partial charge in [-0.15, -0.1) is 0 Å². The Morgan fingerprint density at radius 2 is 0.688 bits per heavy atom. The molecule has 0 radical (unpaired) electrons. The van der Waals surface area contributed by atoms with Gasteiger partial charge in [-0.2, -0.15) is 0 Å². The Hall–Kier alpha value is -2.82. The summed E-state index contributed by atoms with van der Waals surface area (Å²) < 4.78 is 0. The van der Waals surface area contributed by atoms with Crippen LogP contribution in [-0.2, 0) is 0 Å². The molecule has 2 aliphatic heterocycles. The summed E-state index contributed by atoms with van der Waals surface area (Å²) in [6.07, 6.45) is 0. The van der Waals surface area contributed by atoms with E-state index in [-0.39, 0.29) is 0 Å². The predicted molar refractivity (Wildman–Crippen MR) is 139 cm³/mol. The van der Waals surface area contributed by atoms with Gasteiger partial charge >= 0.3 is 0 Å². The van der Waals surface area contributed by atoms with Crippen molar-refractivity contribution in [3.63, 3.8) is 0 Å². The zero-order valence-electron chi connectivity index (χ0n) is 18.4. The summed E-state index contributed by atoms with van der Waals surface area (Å²) in [6, 6.07) is 34.4. The highest BCUT2D eigenvalue weighted by molar-refractivity contribution is 8.00. The fraction of sp³-hybridized carbons (Fsp3) is 0.143. The van der Waals surface area contributed by atoms with E-state index in [1.807, 2.05) is 23.5 Å². The van der Waals surface area contributed by atoms with E-state index in [1.165, 1.54) is 42.3 Å². The van der Waals surface area contributed by atoms with Crippen LogP contribution in [0, 0.1) is 0 Å². The summed E-state index contributed by atoms with van der Waals surface area (Å²) in [6.45, 7) is 6.41. The van der Waals surface area contributed by atoms with Crippen LogP contribution in [0.15, 0.2) is 117 Å². The lowest BCUT2D eigenvalue weighted by Crippen LogP contribution is -2.19. The van der Waals surface area contributed by atoms with E-state index >= 15 is 0 Å². The van der Waals surface area contributed by atoms with Crippen LogP contribution in [0.5, 0.6) is 0 Å². The molecule has 4 heteroatoms. The molecule has 0 N–H and O–H groups in total. The summed E-state index contributed by atoms with van der Waals surface area (Å²) in [5.41, 5.74) is 5.31. The standard InChI is InChI=1S/2C14H13NS/c2*1-2-15-11-7-3-5-9-13(11)16-14-10-6-4-8-12(14)15/h2*3-10H,2H2,1H3. The number of para-hydroxylation sites is 4. The van der Waals surface area contributed by atoms with Crippen molar-refractivity contribution < 1.29 is 0 Å². The number of rotatable bonds is 2. The van der Waals surface area contributed by atoms with Crippen LogP contribution in [0.1, 0.15) is 13.8 Å². The molecule has 2 nitrogen and oxygen atoms in total. The van der Waals surface area contributed by atoms with E-state index in [0.29, 0.717) is 0 Å². The maximum Gasteiger partial charge on any atom is 0.0552 e. The number of hydrogen-bond acceptors (Lipinski definition) is 4. The van der Waals surface area contributed by atoms with Gasteiger partial charge in [-0.05, 0) is 62.4 Å². The van der Waals surface area contributed by atoms with Gasteiger partial charge in [0.25, 0.3) is 0 Å². The predicted octanol–water partition coefficient (Wildman–Crippen LogP) is 8.62. The summed E-state index contributed by atoms with van der Waals surface area (Å²) in [5, 5.41) is 0. The number of nitrogens with zero attached hydrogens (tertiary/aromatic N) is 2. The van der Waals surface area contributed by atoms with E-state index in [0.717, 1.165) is 13.1 Å². The van der Waals surface area contributed by atoms with E-state index < -0.39 is 0 Å². The molecule has 0 aliphatic carbocycles. The first kappa shape index (κ1) is 21.0. The highest BCUT2D eigenvalue weighted by Gasteiger charge is 2.22. The highest BCUT2D eigenvalue weighted by atomic mass is 32.2. The van der Waals surface area contributed by atoms with Crippen molar-refractivity contribution in [1.82, 2.24) is 0 Å². The van der Waals surface area contributed by atoms with Gasteiger partial charge in [0.05, 0.1) is 22.7 Å². The Kier molecular flexibility index (Phi) is 6.15. The lowest BCUT2D eigenvalue weighted by Gasteiger charge is -2.31. The molecule has 0 aromatic heterocycles. The second-order valence-corrected chi connectivity index (χ2v) is 9.73. The summed E-state index contributed by atoms with van der Waals surface area (Å²) in [7, 11) is 0. The molecule has 0 atom stereocenters. The Balaban J connectivity index is 0.000000135. The topological polar surface area (TPSA) is 6.48 Å². The van der Waals surface area contributed by atoms with E-state index in [9.17, 15) is 0 Å². The molecule has 0 fully saturated rings. The van der Waals surface area contributed by atoms with Gasteiger partial charge in [0.15, 0.2) is 0 Å². The number of benzene rings is 4. The van der Waals surface area contributed by atoms with Crippen molar-refractivity contribution in [3.05, 3.63) is 97.1 Å². The molecule has 0 unspecified atom stereocenters. The average molecular weight is 455 g/mol. The van der Waals surface area contributed by atoms with Gasteiger partial charge in [0.1, 0.15) is 0 Å². The molecule has 0 spiro atoms. The molecule has 6 rings (SSSR count). The lowest BCUT2D eigenvalue weighted by atomic mass is 10.2. The molecular weight excluding hydrogens is 428 g/mol. The zero-order valence-corrected chi connectivity index (χ0v) is 20.0. The van der Waals surface area contributed by atoms with Gasteiger partial charge in [-0.3, -0.25) is 0 Å². The second-order valence-electron chi connectivity index (χ2n) is 7.56. The van der Waals surface area contributed by atoms with Crippen LogP contribution < -0.4 is 9.80 Å². The first-order valence-electron chi connectivity index (χ1n) is 11.1. The Bertz CT molecular complexity index is 1050. The molecule has 4 aromatic rings. The van der Waals surface area contributed by atoms with Gasteiger partial charge in [-0.1, -0.05) is 72.1 Å². The van der Waals surface area contributed by atoms with Crippen molar-refractivity contribution in [1.29, 1.82) is 0 Å². The summed E-state index contributed by atoms with van der Waals surface area (Å²) >= 11 is 3.72. The molecule has 0 saturated heterocycles. The Morgan fingerprint density at radius 1 is 0.438 bits per heavy atom. The SMILES string of the molecule is CCN1c2ccccc2Sc2ccccc21.CCN1c2ccccc2Sc2ccccc21. The molecule has 160 valence electrons. The van der Waals surface area contributed by atoms with Crippen molar-refractivity contribution >= 4 is 46.3 Å². The van der Waals surface area contributed by atoms with Crippen LogP contribution in [0.2, 0.25) is 0 Å². The van der Waals surface area contributed by atoms with Gasteiger partial charge in [0.2, 0.25) is 0 Å². The molecule has 4 aromatic carbocycles. The monoisotopic (exact) mass is 454 g/mol. The molecule has 0 amide bonds. The van der Waals surface area contributed by atoms with Gasteiger partial charge in [-0.25, -0.2) is 0 Å². The van der Waals surface area contributed by atoms with E-state index in [2.05, 4.69) is 121 Å². The quantitative estimate of drug-likeness (QED) is 0.299. The van der Waals surface area contributed by atoms with Crippen molar-refractivity contribution in [2.24, 2.45) is 0 Å². The number of hydrogen-bond donors (Lipinski definition) is 0. The maximum atomic E-state index is 2.38. The van der Waals surface area contributed by atoms with Crippen molar-refractivity contribution in [2.45, 2.75) is 33.4 Å². The second kappa shape index (κ2) is 9.35. The van der Waals surface area contributed by atoms with E-state index in [1.54, 1.807) is 0 Å². The lowest BCUT2D eigenvalue weighted by molar-refractivity contribution is 0.979. The first-order chi connectivity index (χ1) is 15.8. The van der Waals surface area contributed by atoms with Crippen molar-refractivity contribution in [3.8, 4) is 0 Å². The highest BCUT2D eigenvalue weighted by Crippen LogP contribution is 2.48. The molecule has 32 heavy (non-hydrogen) atoms. The number of anilines is 4. The van der Waals surface area contributed by atoms with Crippen LogP contribution in [0.4, 0.5) is 22.7 Å². The normalized spacial score (nSPS) is 13.2. The minimum atomic E-state index is 1.01. The smallest absolute Gasteiger partial charge is 0.0552 e. The molecule has 2 heterocycles. The van der Waals surface area contributed by atoms with Crippen LogP contribution >= 0.6 is 23.5 Å². The minimum Gasteiger partial charge on any atom is -0.340 e. The molecular formula is C28H26N2S2. The zero-order chi connectivity index (χ0) is 21.9. The third-order valence-corrected chi connectivity index (χ3v) is 7.96. The maximum absolute atomic E-state index is 2.38. The Morgan fingerprint density at radius 3 is 0.938 bits per heavy atom.